The van der Waals surface area contributed by atoms with E-state index >= 15 is 0 Å². The fourth-order valence-corrected chi connectivity index (χ4v) is 9.51. The van der Waals surface area contributed by atoms with Crippen molar-refractivity contribution in [1.82, 2.24) is 0 Å². The van der Waals surface area contributed by atoms with Gasteiger partial charge >= 0.3 is 0 Å². The summed E-state index contributed by atoms with van der Waals surface area (Å²) in [5.74, 6) is 0. The Labute approximate surface area is 155 Å². The van der Waals surface area contributed by atoms with Gasteiger partial charge in [0.25, 0.3) is 0 Å². The highest BCUT2D eigenvalue weighted by atomic mass is 31.1. The van der Waals surface area contributed by atoms with Crippen LogP contribution in [0.3, 0.4) is 0 Å². The molecule has 0 heterocycles. The largest absolute Gasteiger partial charge is 0.0653 e. The third-order valence-electron chi connectivity index (χ3n) is 5.70. The average Bonchev–Trinajstić information content (AvgIpc) is 2.94. The minimum Gasteiger partial charge on any atom is -0.0653 e. The Kier molecular flexibility index (Phi) is 5.13. The third-order valence-corrected chi connectivity index (χ3v) is 9.44. The lowest BCUT2D eigenvalue weighted by atomic mass is 10.0. The first-order valence-corrected chi connectivity index (χ1v) is 11.2. The predicted molar refractivity (Wildman–Crippen MR) is 117 cm³/mol. The molecule has 0 aliphatic heterocycles. The molecule has 0 atom stereocenters. The number of hydrogen-bond acceptors (Lipinski definition) is 0. The van der Waals surface area contributed by atoms with Gasteiger partial charge in [-0.15, -0.1) is 0 Å². The van der Waals surface area contributed by atoms with Gasteiger partial charge in [0.05, 0.1) is 0 Å². The van der Waals surface area contributed by atoms with E-state index in [-0.39, 0.29) is 7.92 Å². The number of rotatable bonds is 7. The van der Waals surface area contributed by atoms with Crippen LogP contribution < -0.4 is 5.30 Å². The molecule has 0 bridgehead atoms. The van der Waals surface area contributed by atoms with Gasteiger partial charge in [-0.2, -0.15) is 0 Å². The quantitative estimate of drug-likeness (QED) is 0.384. The smallest absolute Gasteiger partial charge is 0.00324 e. The van der Waals surface area contributed by atoms with Crippen LogP contribution in [0.15, 0.2) is 30.3 Å². The molecule has 0 fully saturated rings. The number of hydrogen-bond donors (Lipinski definition) is 0. The van der Waals surface area contributed by atoms with Crippen LogP contribution in [0.25, 0.3) is 22.9 Å². The van der Waals surface area contributed by atoms with Gasteiger partial charge in [-0.3, -0.25) is 0 Å². The van der Waals surface area contributed by atoms with Crippen molar-refractivity contribution in [2.24, 2.45) is 0 Å². The second-order valence-corrected chi connectivity index (χ2v) is 12.3. The summed E-state index contributed by atoms with van der Waals surface area (Å²) in [6.45, 7) is 14.7. The van der Waals surface area contributed by atoms with Gasteiger partial charge in [0, 0.05) is 0 Å². The number of benzene rings is 2. The van der Waals surface area contributed by atoms with Gasteiger partial charge < -0.3 is 0 Å². The van der Waals surface area contributed by atoms with Crippen molar-refractivity contribution in [2.75, 3.05) is 0 Å². The van der Waals surface area contributed by atoms with E-state index in [2.05, 4.69) is 84.0 Å². The monoisotopic (exact) mass is 352 g/mol. The fourth-order valence-electron chi connectivity index (χ4n) is 5.02. The molecule has 0 N–H and O–H groups in total. The molecular formula is C24H33P. The van der Waals surface area contributed by atoms with Crippen LogP contribution in [0.4, 0.5) is 0 Å². The van der Waals surface area contributed by atoms with E-state index < -0.39 is 0 Å². The van der Waals surface area contributed by atoms with E-state index in [1.165, 1.54) is 47.6 Å². The second-order valence-electron chi connectivity index (χ2n) is 8.74. The Morgan fingerprint density at radius 1 is 0.760 bits per heavy atom. The Hall–Kier alpha value is -1.13. The van der Waals surface area contributed by atoms with E-state index in [0.29, 0.717) is 10.3 Å². The molecule has 0 radical (unpaired) electrons. The Balaban J connectivity index is 2.23. The molecule has 0 spiro atoms. The summed E-state index contributed by atoms with van der Waals surface area (Å²) in [7, 11) is -0.279. The second kappa shape index (κ2) is 6.88. The van der Waals surface area contributed by atoms with Crippen LogP contribution in [0.2, 0.25) is 0 Å². The first-order valence-electron chi connectivity index (χ1n) is 9.86. The molecule has 0 saturated heterocycles. The molecule has 0 nitrogen and oxygen atoms in total. The first-order chi connectivity index (χ1) is 11.8. The van der Waals surface area contributed by atoms with E-state index in [0.717, 1.165) is 0 Å². The SMILES string of the molecule is CCCC(C)(C)P(c1ccc2c3c(cccc13)C=C2)C(C)(C)CCC. The molecule has 0 aromatic heterocycles. The molecule has 3 rings (SSSR count). The summed E-state index contributed by atoms with van der Waals surface area (Å²) in [5, 5.41) is 5.31. The third kappa shape index (κ3) is 3.31. The maximum absolute atomic E-state index is 2.51. The van der Waals surface area contributed by atoms with Crippen LogP contribution in [0.1, 0.15) is 78.4 Å². The molecule has 2 aromatic carbocycles. The normalized spacial score (nSPS) is 14.0. The molecule has 0 amide bonds. The molecule has 0 saturated carbocycles. The Bertz CT molecular complexity index is 765. The lowest BCUT2D eigenvalue weighted by molar-refractivity contribution is 0.563. The van der Waals surface area contributed by atoms with Gasteiger partial charge in [0.15, 0.2) is 0 Å². The molecular weight excluding hydrogens is 319 g/mol. The van der Waals surface area contributed by atoms with Crippen molar-refractivity contribution in [3.05, 3.63) is 41.5 Å². The van der Waals surface area contributed by atoms with Crippen molar-refractivity contribution in [1.29, 1.82) is 0 Å². The van der Waals surface area contributed by atoms with Crippen molar-refractivity contribution in [3.63, 3.8) is 0 Å². The maximum atomic E-state index is 2.51. The highest BCUT2D eigenvalue weighted by Gasteiger charge is 2.41. The zero-order valence-corrected chi connectivity index (χ0v) is 17.7. The van der Waals surface area contributed by atoms with E-state index in [1.54, 1.807) is 5.30 Å². The van der Waals surface area contributed by atoms with Gasteiger partial charge in [-0.25, -0.2) is 0 Å². The van der Waals surface area contributed by atoms with E-state index in [9.17, 15) is 0 Å². The summed E-state index contributed by atoms with van der Waals surface area (Å²) >= 11 is 0. The zero-order chi connectivity index (χ0) is 18.2. The Morgan fingerprint density at radius 2 is 1.32 bits per heavy atom. The average molecular weight is 353 g/mol. The van der Waals surface area contributed by atoms with Crippen molar-refractivity contribution < 1.29 is 0 Å². The van der Waals surface area contributed by atoms with Gasteiger partial charge in [0.2, 0.25) is 0 Å². The van der Waals surface area contributed by atoms with Crippen molar-refractivity contribution in [3.8, 4) is 0 Å². The fraction of sp³-hybridized carbons (Fsp3) is 0.500. The highest BCUT2D eigenvalue weighted by Crippen LogP contribution is 2.62. The lowest BCUT2D eigenvalue weighted by Crippen LogP contribution is -2.35. The van der Waals surface area contributed by atoms with Crippen molar-refractivity contribution in [2.45, 2.75) is 77.5 Å². The van der Waals surface area contributed by atoms with Gasteiger partial charge in [-0.05, 0) is 50.4 Å². The van der Waals surface area contributed by atoms with Crippen LogP contribution in [-0.4, -0.2) is 10.3 Å². The molecule has 2 aromatic rings. The van der Waals surface area contributed by atoms with E-state index in [4.69, 9.17) is 0 Å². The van der Waals surface area contributed by atoms with Crippen LogP contribution in [0.5, 0.6) is 0 Å². The maximum Gasteiger partial charge on any atom is -0.00324 e. The highest BCUT2D eigenvalue weighted by molar-refractivity contribution is 7.69. The molecule has 1 heteroatoms. The van der Waals surface area contributed by atoms with Gasteiger partial charge in [-0.1, -0.05) is 105 Å². The summed E-state index contributed by atoms with van der Waals surface area (Å²) < 4.78 is 0. The van der Waals surface area contributed by atoms with Crippen molar-refractivity contribution >= 4 is 36.2 Å². The summed E-state index contributed by atoms with van der Waals surface area (Å²) in [5.41, 5.74) is 2.79. The molecule has 1 aliphatic rings. The van der Waals surface area contributed by atoms with Crippen LogP contribution in [0, 0.1) is 0 Å². The minimum absolute atomic E-state index is 0.279. The molecule has 0 unspecified atom stereocenters. The lowest BCUT2D eigenvalue weighted by Gasteiger charge is -2.46. The van der Waals surface area contributed by atoms with Crippen LogP contribution >= 0.6 is 7.92 Å². The zero-order valence-electron chi connectivity index (χ0n) is 16.8. The minimum atomic E-state index is -0.279. The Morgan fingerprint density at radius 3 is 1.88 bits per heavy atom. The summed E-state index contributed by atoms with van der Waals surface area (Å²) in [6, 6.07) is 11.7. The standard InChI is InChI=1S/C24H33P/c1-7-16-23(3,4)25(24(5,6)17-8-2)21-15-14-19-13-12-18-10-9-11-20(21)22(18)19/h9-15H,7-8,16-17H2,1-6H3. The molecule has 1 aliphatic carbocycles. The predicted octanol–water partition coefficient (Wildman–Crippen LogP) is 7.59. The molecule has 25 heavy (non-hydrogen) atoms. The van der Waals surface area contributed by atoms with E-state index in [1.807, 2.05) is 0 Å². The van der Waals surface area contributed by atoms with Crippen LogP contribution in [-0.2, 0) is 0 Å². The molecule has 134 valence electrons. The topological polar surface area (TPSA) is 0 Å². The summed E-state index contributed by atoms with van der Waals surface area (Å²) in [6.07, 6.45) is 9.67. The first kappa shape index (κ1) is 18.7. The van der Waals surface area contributed by atoms with Gasteiger partial charge in [0.1, 0.15) is 0 Å². The summed E-state index contributed by atoms with van der Waals surface area (Å²) in [4.78, 5) is 0.